The van der Waals surface area contributed by atoms with Crippen LogP contribution in [0.1, 0.15) is 59.3 Å². The molecule has 8 heteroatoms. The number of carbonyl (C=O) groups is 1. The first-order valence-corrected chi connectivity index (χ1v) is 9.91. The largest absolute Gasteiger partial charge is 0.338 e. The van der Waals surface area contributed by atoms with Crippen molar-refractivity contribution in [1.82, 2.24) is 34.3 Å². The van der Waals surface area contributed by atoms with Crippen LogP contribution in [-0.2, 0) is 26.6 Å². The van der Waals surface area contributed by atoms with Gasteiger partial charge in [0.25, 0.3) is 5.91 Å². The molecule has 146 valence electrons. The van der Waals surface area contributed by atoms with Gasteiger partial charge in [0.1, 0.15) is 11.6 Å². The number of hydrogen-bond acceptors (Lipinski definition) is 5. The number of likely N-dealkylation sites (tertiary alicyclic amines) is 1. The predicted octanol–water partition coefficient (Wildman–Crippen LogP) is 1.43. The Labute approximate surface area is 160 Å². The first-order valence-electron chi connectivity index (χ1n) is 9.91. The fourth-order valence-electron chi connectivity index (χ4n) is 4.29. The maximum Gasteiger partial charge on any atom is 0.257 e. The fourth-order valence-corrected chi connectivity index (χ4v) is 4.29. The predicted molar refractivity (Wildman–Crippen MR) is 101 cm³/mol. The van der Waals surface area contributed by atoms with E-state index >= 15 is 0 Å². The van der Waals surface area contributed by atoms with Gasteiger partial charge in [-0.25, -0.2) is 0 Å². The topological polar surface area (TPSA) is 72.1 Å². The van der Waals surface area contributed by atoms with Crippen LogP contribution in [-0.4, -0.2) is 67.4 Å². The summed E-state index contributed by atoms with van der Waals surface area (Å²) in [7, 11) is 6.09. The van der Waals surface area contributed by atoms with Crippen LogP contribution < -0.4 is 0 Å². The van der Waals surface area contributed by atoms with E-state index in [1.165, 1.54) is 0 Å². The van der Waals surface area contributed by atoms with Crippen LogP contribution in [0.3, 0.4) is 0 Å². The Kier molecular flexibility index (Phi) is 4.99. The van der Waals surface area contributed by atoms with Gasteiger partial charge >= 0.3 is 0 Å². The van der Waals surface area contributed by atoms with Crippen LogP contribution in [0, 0.1) is 0 Å². The Hall–Kier alpha value is -2.22. The summed E-state index contributed by atoms with van der Waals surface area (Å²) < 4.78 is 4.11. The average Bonchev–Trinajstić information content (AvgIpc) is 3.25. The van der Waals surface area contributed by atoms with Crippen LogP contribution in [0.4, 0.5) is 0 Å². The molecule has 8 nitrogen and oxygen atoms in total. The number of amides is 1. The maximum absolute atomic E-state index is 13.2. The van der Waals surface area contributed by atoms with Crippen LogP contribution in [0.15, 0.2) is 6.20 Å². The van der Waals surface area contributed by atoms with Crippen molar-refractivity contribution in [3.8, 4) is 0 Å². The van der Waals surface area contributed by atoms with Crippen LogP contribution >= 0.6 is 0 Å². The standard InChI is InChI=1S/C19H29N7O/c1-23(2)13-17-21-22-18(24(17)3)14-7-6-9-25(12-14)19(27)15-11-20-26-10-5-4-8-16(15)26/h11,14H,4-10,12-13H2,1-3H3/t14-/m1/s1. The minimum absolute atomic E-state index is 0.124. The van der Waals surface area contributed by atoms with E-state index in [0.717, 1.165) is 74.6 Å². The smallest absolute Gasteiger partial charge is 0.257 e. The molecule has 2 aromatic heterocycles. The van der Waals surface area contributed by atoms with E-state index in [1.807, 2.05) is 30.7 Å². The molecule has 1 fully saturated rings. The Balaban J connectivity index is 1.51. The number of aryl methyl sites for hydroxylation is 1. The second kappa shape index (κ2) is 7.42. The molecule has 2 aliphatic rings. The highest BCUT2D eigenvalue weighted by Gasteiger charge is 2.31. The van der Waals surface area contributed by atoms with Crippen molar-refractivity contribution in [2.75, 3.05) is 27.2 Å². The number of rotatable bonds is 4. The first kappa shape index (κ1) is 18.2. The lowest BCUT2D eigenvalue weighted by Gasteiger charge is -2.32. The number of aromatic nitrogens is 5. The van der Waals surface area contributed by atoms with E-state index in [0.29, 0.717) is 6.54 Å². The highest BCUT2D eigenvalue weighted by Crippen LogP contribution is 2.28. The molecular weight excluding hydrogens is 342 g/mol. The molecule has 27 heavy (non-hydrogen) atoms. The molecule has 4 rings (SSSR count). The monoisotopic (exact) mass is 371 g/mol. The quantitative estimate of drug-likeness (QED) is 0.813. The number of carbonyl (C=O) groups excluding carboxylic acids is 1. The van der Waals surface area contributed by atoms with Crippen molar-refractivity contribution in [3.63, 3.8) is 0 Å². The normalized spacial score (nSPS) is 20.1. The molecule has 2 aliphatic heterocycles. The van der Waals surface area contributed by atoms with Crippen molar-refractivity contribution in [2.24, 2.45) is 7.05 Å². The van der Waals surface area contributed by atoms with Gasteiger partial charge in [0.2, 0.25) is 0 Å². The molecule has 1 amide bonds. The third kappa shape index (κ3) is 3.50. The maximum atomic E-state index is 13.2. The third-order valence-corrected chi connectivity index (χ3v) is 5.74. The number of hydrogen-bond donors (Lipinski definition) is 0. The zero-order chi connectivity index (χ0) is 19.0. The van der Waals surface area contributed by atoms with E-state index in [9.17, 15) is 4.79 Å². The second-order valence-electron chi connectivity index (χ2n) is 8.05. The molecule has 0 spiro atoms. The van der Waals surface area contributed by atoms with Crippen LogP contribution in [0.25, 0.3) is 0 Å². The van der Waals surface area contributed by atoms with Gasteiger partial charge in [-0.15, -0.1) is 10.2 Å². The fraction of sp³-hybridized carbons (Fsp3) is 0.684. The number of fused-ring (bicyclic) bond motifs is 1. The van der Waals surface area contributed by atoms with Gasteiger partial charge in [-0.05, 0) is 46.2 Å². The van der Waals surface area contributed by atoms with Crippen molar-refractivity contribution in [1.29, 1.82) is 0 Å². The number of nitrogens with zero attached hydrogens (tertiary/aromatic N) is 7. The molecule has 0 bridgehead atoms. The summed E-state index contributed by atoms with van der Waals surface area (Å²) in [6.07, 6.45) is 7.05. The summed E-state index contributed by atoms with van der Waals surface area (Å²) in [5.41, 5.74) is 1.90. The van der Waals surface area contributed by atoms with Crippen molar-refractivity contribution in [2.45, 2.75) is 51.1 Å². The van der Waals surface area contributed by atoms with E-state index in [-0.39, 0.29) is 11.8 Å². The highest BCUT2D eigenvalue weighted by atomic mass is 16.2. The van der Waals surface area contributed by atoms with Crippen molar-refractivity contribution < 1.29 is 4.79 Å². The van der Waals surface area contributed by atoms with E-state index in [2.05, 4.69) is 24.8 Å². The van der Waals surface area contributed by atoms with E-state index in [1.54, 1.807) is 6.20 Å². The summed E-state index contributed by atoms with van der Waals surface area (Å²) in [5.74, 6) is 2.31. The molecule has 4 heterocycles. The summed E-state index contributed by atoms with van der Waals surface area (Å²) in [5, 5.41) is 13.2. The molecule has 0 saturated carbocycles. The van der Waals surface area contributed by atoms with Crippen LogP contribution in [0.2, 0.25) is 0 Å². The molecular formula is C19H29N7O. The Morgan fingerprint density at radius 3 is 2.89 bits per heavy atom. The second-order valence-corrected chi connectivity index (χ2v) is 8.05. The first-order chi connectivity index (χ1) is 13.0. The van der Waals surface area contributed by atoms with Gasteiger partial charge in [0.05, 0.1) is 24.0 Å². The molecule has 1 saturated heterocycles. The van der Waals surface area contributed by atoms with Gasteiger partial charge in [-0.1, -0.05) is 0 Å². The molecule has 2 aromatic rings. The minimum Gasteiger partial charge on any atom is -0.338 e. The van der Waals surface area contributed by atoms with Gasteiger partial charge in [0.15, 0.2) is 0 Å². The van der Waals surface area contributed by atoms with Crippen molar-refractivity contribution in [3.05, 3.63) is 29.1 Å². The lowest BCUT2D eigenvalue weighted by atomic mass is 9.96. The van der Waals surface area contributed by atoms with Crippen LogP contribution in [0.5, 0.6) is 0 Å². The Bertz CT molecular complexity index is 822. The minimum atomic E-state index is 0.124. The van der Waals surface area contributed by atoms with Gasteiger partial charge in [-0.3, -0.25) is 9.48 Å². The highest BCUT2D eigenvalue weighted by molar-refractivity contribution is 5.95. The molecule has 0 aromatic carbocycles. The molecule has 0 unspecified atom stereocenters. The molecule has 0 aliphatic carbocycles. The number of piperidine rings is 1. The van der Waals surface area contributed by atoms with E-state index in [4.69, 9.17) is 0 Å². The van der Waals surface area contributed by atoms with Gasteiger partial charge < -0.3 is 14.4 Å². The summed E-state index contributed by atoms with van der Waals surface area (Å²) in [6, 6.07) is 0. The Morgan fingerprint density at radius 1 is 1.22 bits per heavy atom. The SMILES string of the molecule is CN(C)Cc1nnc([C@@H]2CCCN(C(=O)c3cnn4c3CCCC4)C2)n1C. The molecule has 0 radical (unpaired) electrons. The zero-order valence-electron chi connectivity index (χ0n) is 16.6. The lowest BCUT2D eigenvalue weighted by molar-refractivity contribution is 0.0701. The summed E-state index contributed by atoms with van der Waals surface area (Å²) >= 11 is 0. The van der Waals surface area contributed by atoms with Gasteiger partial charge in [-0.2, -0.15) is 5.10 Å². The summed E-state index contributed by atoms with van der Waals surface area (Å²) in [4.78, 5) is 17.2. The summed E-state index contributed by atoms with van der Waals surface area (Å²) in [6.45, 7) is 3.21. The molecule has 0 N–H and O–H groups in total. The van der Waals surface area contributed by atoms with E-state index < -0.39 is 0 Å². The van der Waals surface area contributed by atoms with Gasteiger partial charge in [0, 0.05) is 32.6 Å². The molecule has 1 atom stereocenters. The Morgan fingerprint density at radius 2 is 2.07 bits per heavy atom. The zero-order valence-corrected chi connectivity index (χ0v) is 16.6. The average molecular weight is 371 g/mol. The van der Waals surface area contributed by atoms with Crippen molar-refractivity contribution >= 4 is 5.91 Å². The third-order valence-electron chi connectivity index (χ3n) is 5.74. The lowest BCUT2D eigenvalue weighted by Crippen LogP contribution is -2.40.